The summed E-state index contributed by atoms with van der Waals surface area (Å²) < 4.78 is 4.98. The highest BCUT2D eigenvalue weighted by atomic mass is 16.5. The van der Waals surface area contributed by atoms with Crippen molar-refractivity contribution in [3.05, 3.63) is 36.1 Å². The van der Waals surface area contributed by atoms with Crippen molar-refractivity contribution in [1.29, 1.82) is 0 Å². The summed E-state index contributed by atoms with van der Waals surface area (Å²) in [6, 6.07) is 9.43. The number of rotatable bonds is 4. The number of aryl methyl sites for hydroxylation is 1. The molecule has 0 spiro atoms. The lowest BCUT2D eigenvalue weighted by Crippen LogP contribution is -2.30. The number of anilines is 3. The van der Waals surface area contributed by atoms with E-state index in [4.69, 9.17) is 4.52 Å². The minimum atomic E-state index is -0.152. The third-order valence-electron chi connectivity index (χ3n) is 2.96. The molecule has 1 aliphatic carbocycles. The van der Waals surface area contributed by atoms with E-state index in [1.165, 1.54) is 0 Å². The molecule has 1 aliphatic rings. The highest BCUT2D eigenvalue weighted by molar-refractivity contribution is 5.89. The molecule has 104 valence electrons. The molecular weight excluding hydrogens is 256 g/mol. The van der Waals surface area contributed by atoms with Crippen molar-refractivity contribution in [2.24, 2.45) is 0 Å². The number of hydrogen-bond donors (Lipinski definition) is 3. The maximum Gasteiger partial charge on any atom is 0.319 e. The van der Waals surface area contributed by atoms with Crippen molar-refractivity contribution in [2.45, 2.75) is 25.8 Å². The van der Waals surface area contributed by atoms with Crippen LogP contribution < -0.4 is 16.0 Å². The van der Waals surface area contributed by atoms with E-state index in [1.54, 1.807) is 0 Å². The summed E-state index contributed by atoms with van der Waals surface area (Å²) in [5.74, 6) is 1.41. The number of nitrogens with one attached hydrogen (secondary N) is 3. The van der Waals surface area contributed by atoms with E-state index in [2.05, 4.69) is 21.1 Å². The minimum Gasteiger partial charge on any atom is -0.360 e. The Morgan fingerprint density at radius 3 is 2.55 bits per heavy atom. The van der Waals surface area contributed by atoms with Gasteiger partial charge in [0.1, 0.15) is 5.76 Å². The van der Waals surface area contributed by atoms with Gasteiger partial charge in [0.15, 0.2) is 5.82 Å². The van der Waals surface area contributed by atoms with Gasteiger partial charge in [0.25, 0.3) is 0 Å². The van der Waals surface area contributed by atoms with Crippen molar-refractivity contribution in [2.75, 3.05) is 10.6 Å². The number of carbonyl (C=O) groups excluding carboxylic acids is 1. The molecule has 1 fully saturated rings. The molecule has 6 nitrogen and oxygen atoms in total. The molecule has 1 saturated carbocycles. The van der Waals surface area contributed by atoms with Crippen LogP contribution in [0.1, 0.15) is 18.6 Å². The van der Waals surface area contributed by atoms with Crippen molar-refractivity contribution >= 4 is 23.2 Å². The Hall–Kier alpha value is -2.50. The van der Waals surface area contributed by atoms with Gasteiger partial charge in [-0.3, -0.25) is 0 Å². The maximum atomic E-state index is 11.6. The first-order chi connectivity index (χ1) is 9.69. The molecule has 1 aromatic heterocycles. The summed E-state index contributed by atoms with van der Waals surface area (Å²) in [6.45, 7) is 1.84. The van der Waals surface area contributed by atoms with Gasteiger partial charge >= 0.3 is 6.03 Å². The highest BCUT2D eigenvalue weighted by Gasteiger charge is 2.23. The third-order valence-corrected chi connectivity index (χ3v) is 2.96. The number of urea groups is 1. The number of hydrogen-bond acceptors (Lipinski definition) is 4. The van der Waals surface area contributed by atoms with Crippen LogP contribution in [-0.4, -0.2) is 17.2 Å². The Bertz CT molecular complexity index is 602. The Kier molecular flexibility index (Phi) is 3.28. The maximum absolute atomic E-state index is 11.6. The predicted molar refractivity (Wildman–Crippen MR) is 76.1 cm³/mol. The molecule has 0 aliphatic heterocycles. The second-order valence-electron chi connectivity index (χ2n) is 4.90. The number of benzene rings is 1. The number of carbonyl (C=O) groups is 1. The van der Waals surface area contributed by atoms with Crippen molar-refractivity contribution < 1.29 is 9.32 Å². The molecular formula is C14H16N4O2. The third kappa shape index (κ3) is 3.28. The van der Waals surface area contributed by atoms with Crippen LogP contribution in [0.25, 0.3) is 0 Å². The highest BCUT2D eigenvalue weighted by Crippen LogP contribution is 2.20. The fourth-order valence-electron chi connectivity index (χ4n) is 1.79. The van der Waals surface area contributed by atoms with Gasteiger partial charge < -0.3 is 20.5 Å². The van der Waals surface area contributed by atoms with Crippen LogP contribution in [0, 0.1) is 6.92 Å². The van der Waals surface area contributed by atoms with E-state index in [1.807, 2.05) is 37.3 Å². The van der Waals surface area contributed by atoms with E-state index >= 15 is 0 Å². The number of aromatic nitrogens is 1. The fraction of sp³-hybridized carbons (Fsp3) is 0.286. The van der Waals surface area contributed by atoms with Gasteiger partial charge in [-0.2, -0.15) is 0 Å². The van der Waals surface area contributed by atoms with Crippen LogP contribution in [0.4, 0.5) is 22.0 Å². The first-order valence-corrected chi connectivity index (χ1v) is 6.57. The summed E-state index contributed by atoms with van der Waals surface area (Å²) in [4.78, 5) is 11.6. The first-order valence-electron chi connectivity index (χ1n) is 6.57. The molecule has 1 aromatic carbocycles. The summed E-state index contributed by atoms with van der Waals surface area (Å²) in [7, 11) is 0. The van der Waals surface area contributed by atoms with Crippen LogP contribution in [0.2, 0.25) is 0 Å². The van der Waals surface area contributed by atoms with Crippen LogP contribution in [0.15, 0.2) is 34.9 Å². The zero-order valence-electron chi connectivity index (χ0n) is 11.1. The average molecular weight is 272 g/mol. The van der Waals surface area contributed by atoms with Crippen molar-refractivity contribution in [3.63, 3.8) is 0 Å². The summed E-state index contributed by atoms with van der Waals surface area (Å²) in [5, 5.41) is 12.6. The zero-order valence-corrected chi connectivity index (χ0v) is 11.1. The smallest absolute Gasteiger partial charge is 0.319 e. The molecule has 20 heavy (non-hydrogen) atoms. The molecule has 0 unspecified atom stereocenters. The minimum absolute atomic E-state index is 0.152. The quantitative estimate of drug-likeness (QED) is 0.799. The monoisotopic (exact) mass is 272 g/mol. The van der Waals surface area contributed by atoms with Crippen molar-refractivity contribution in [1.82, 2.24) is 10.5 Å². The topological polar surface area (TPSA) is 79.2 Å². The largest absolute Gasteiger partial charge is 0.360 e. The lowest BCUT2D eigenvalue weighted by atomic mass is 10.3. The van der Waals surface area contributed by atoms with Gasteiger partial charge in [0, 0.05) is 23.5 Å². The molecule has 0 saturated heterocycles. The van der Waals surface area contributed by atoms with Gasteiger partial charge in [-0.1, -0.05) is 5.16 Å². The molecule has 3 N–H and O–H groups in total. The summed E-state index contributed by atoms with van der Waals surface area (Å²) >= 11 is 0. The van der Waals surface area contributed by atoms with Crippen LogP contribution in [0.5, 0.6) is 0 Å². The van der Waals surface area contributed by atoms with Crippen molar-refractivity contribution in [3.8, 4) is 0 Å². The number of amides is 2. The molecule has 3 rings (SSSR count). The van der Waals surface area contributed by atoms with E-state index in [0.29, 0.717) is 11.9 Å². The van der Waals surface area contributed by atoms with Gasteiger partial charge in [0.05, 0.1) is 0 Å². The average Bonchev–Trinajstić information content (AvgIpc) is 3.13. The first kappa shape index (κ1) is 12.5. The summed E-state index contributed by atoms with van der Waals surface area (Å²) in [6.07, 6.45) is 2.15. The Balaban J connectivity index is 1.57. The predicted octanol–water partition coefficient (Wildman–Crippen LogP) is 3.01. The SMILES string of the molecule is Cc1cc(Nc2ccc(NC(=O)NC3CC3)cc2)no1. The van der Waals surface area contributed by atoms with Crippen LogP contribution in [-0.2, 0) is 0 Å². The molecule has 0 atom stereocenters. The van der Waals surface area contributed by atoms with E-state index in [-0.39, 0.29) is 6.03 Å². The van der Waals surface area contributed by atoms with Gasteiger partial charge in [-0.25, -0.2) is 4.79 Å². The Morgan fingerprint density at radius 2 is 1.95 bits per heavy atom. The Morgan fingerprint density at radius 1 is 1.25 bits per heavy atom. The Labute approximate surface area is 116 Å². The number of nitrogens with zero attached hydrogens (tertiary/aromatic N) is 1. The molecule has 0 bridgehead atoms. The van der Waals surface area contributed by atoms with E-state index < -0.39 is 0 Å². The van der Waals surface area contributed by atoms with Gasteiger partial charge in [-0.15, -0.1) is 0 Å². The molecule has 2 amide bonds. The molecule has 0 radical (unpaired) electrons. The standard InChI is InChI=1S/C14H16N4O2/c1-9-8-13(18-20-9)15-10-2-4-11(5-3-10)16-14(19)17-12-6-7-12/h2-5,8,12H,6-7H2,1H3,(H,15,18)(H2,16,17,19). The van der Waals surface area contributed by atoms with Gasteiger partial charge in [-0.05, 0) is 44.0 Å². The van der Waals surface area contributed by atoms with E-state index in [9.17, 15) is 4.79 Å². The lowest BCUT2D eigenvalue weighted by Gasteiger charge is -2.07. The summed E-state index contributed by atoms with van der Waals surface area (Å²) in [5.41, 5.74) is 1.64. The van der Waals surface area contributed by atoms with Crippen LogP contribution in [0.3, 0.4) is 0 Å². The van der Waals surface area contributed by atoms with E-state index in [0.717, 1.165) is 30.0 Å². The van der Waals surface area contributed by atoms with Gasteiger partial charge in [0.2, 0.25) is 0 Å². The molecule has 1 heterocycles. The normalized spacial score (nSPS) is 13.8. The fourth-order valence-corrected chi connectivity index (χ4v) is 1.79. The zero-order chi connectivity index (χ0) is 13.9. The van der Waals surface area contributed by atoms with Crippen LogP contribution >= 0.6 is 0 Å². The second kappa shape index (κ2) is 5.24. The molecule has 2 aromatic rings. The second-order valence-corrected chi connectivity index (χ2v) is 4.90. The lowest BCUT2D eigenvalue weighted by molar-refractivity contribution is 0.251. The molecule has 6 heteroatoms.